The Bertz CT molecular complexity index is 185. The minimum Gasteiger partial charge on any atom is -0.375 e. The monoisotopic (exact) mass is 197 g/mol. The molecule has 1 aliphatic heterocycles. The minimum atomic E-state index is 0.438. The van der Waals surface area contributed by atoms with Gasteiger partial charge in [0, 0.05) is 6.04 Å². The predicted molar refractivity (Wildman–Crippen MR) is 58.3 cm³/mol. The van der Waals surface area contributed by atoms with Crippen LogP contribution in [-0.2, 0) is 4.74 Å². The molecule has 1 saturated heterocycles. The van der Waals surface area contributed by atoms with E-state index in [1.165, 1.54) is 25.8 Å². The van der Waals surface area contributed by atoms with Crippen molar-refractivity contribution in [3.05, 3.63) is 0 Å². The SMILES string of the molecule is CC1CC(NCC2CC2C)CC(C)O1. The van der Waals surface area contributed by atoms with Gasteiger partial charge in [-0.15, -0.1) is 0 Å². The predicted octanol–water partition coefficient (Wildman–Crippen LogP) is 2.19. The lowest BCUT2D eigenvalue weighted by Crippen LogP contribution is -2.42. The molecule has 1 N–H and O–H groups in total. The van der Waals surface area contributed by atoms with Crippen LogP contribution in [0.2, 0.25) is 0 Å². The Morgan fingerprint density at radius 1 is 1.07 bits per heavy atom. The molecule has 4 atom stereocenters. The minimum absolute atomic E-state index is 0.438. The lowest BCUT2D eigenvalue weighted by molar-refractivity contribution is -0.0421. The zero-order chi connectivity index (χ0) is 10.1. The van der Waals surface area contributed by atoms with Gasteiger partial charge in [0.15, 0.2) is 0 Å². The van der Waals surface area contributed by atoms with Gasteiger partial charge in [-0.05, 0) is 51.5 Å². The second kappa shape index (κ2) is 4.19. The summed E-state index contributed by atoms with van der Waals surface area (Å²) >= 11 is 0. The van der Waals surface area contributed by atoms with Gasteiger partial charge in [-0.3, -0.25) is 0 Å². The Kier molecular flexibility index (Phi) is 3.13. The van der Waals surface area contributed by atoms with Crippen LogP contribution in [0.4, 0.5) is 0 Å². The van der Waals surface area contributed by atoms with E-state index in [1.807, 2.05) is 0 Å². The van der Waals surface area contributed by atoms with Gasteiger partial charge in [0.1, 0.15) is 0 Å². The van der Waals surface area contributed by atoms with E-state index in [2.05, 4.69) is 26.1 Å². The Morgan fingerprint density at radius 2 is 1.64 bits per heavy atom. The molecule has 2 fully saturated rings. The van der Waals surface area contributed by atoms with E-state index in [-0.39, 0.29) is 0 Å². The largest absolute Gasteiger partial charge is 0.375 e. The smallest absolute Gasteiger partial charge is 0.0565 e. The van der Waals surface area contributed by atoms with E-state index in [1.54, 1.807) is 0 Å². The van der Waals surface area contributed by atoms with Crippen LogP contribution >= 0.6 is 0 Å². The van der Waals surface area contributed by atoms with Gasteiger partial charge < -0.3 is 10.1 Å². The van der Waals surface area contributed by atoms with Gasteiger partial charge in [0.25, 0.3) is 0 Å². The lowest BCUT2D eigenvalue weighted by Gasteiger charge is -2.32. The Balaban J connectivity index is 1.69. The molecule has 2 heteroatoms. The maximum absolute atomic E-state index is 5.72. The Labute approximate surface area is 87.4 Å². The average molecular weight is 197 g/mol. The number of hydrogen-bond acceptors (Lipinski definition) is 2. The number of nitrogens with one attached hydrogen (secondary N) is 1. The average Bonchev–Trinajstić information content (AvgIpc) is 2.77. The van der Waals surface area contributed by atoms with Gasteiger partial charge in [-0.25, -0.2) is 0 Å². The summed E-state index contributed by atoms with van der Waals surface area (Å²) in [5.74, 6) is 1.93. The first-order valence-corrected chi connectivity index (χ1v) is 6.04. The molecule has 2 aliphatic rings. The van der Waals surface area contributed by atoms with Crippen molar-refractivity contribution >= 4 is 0 Å². The summed E-state index contributed by atoms with van der Waals surface area (Å²) < 4.78 is 5.72. The Hall–Kier alpha value is -0.0800. The van der Waals surface area contributed by atoms with Crippen molar-refractivity contribution in [2.75, 3.05) is 6.54 Å². The van der Waals surface area contributed by atoms with E-state index < -0.39 is 0 Å². The van der Waals surface area contributed by atoms with Crippen LogP contribution in [-0.4, -0.2) is 24.8 Å². The van der Waals surface area contributed by atoms with Crippen LogP contribution in [0.3, 0.4) is 0 Å². The summed E-state index contributed by atoms with van der Waals surface area (Å²) in [6, 6.07) is 0.696. The molecule has 1 aliphatic carbocycles. The van der Waals surface area contributed by atoms with Crippen molar-refractivity contribution < 1.29 is 4.74 Å². The first-order valence-electron chi connectivity index (χ1n) is 6.04. The van der Waals surface area contributed by atoms with Crippen LogP contribution in [0.25, 0.3) is 0 Å². The fourth-order valence-electron chi connectivity index (χ4n) is 2.57. The normalized spacial score (nSPS) is 47.8. The summed E-state index contributed by atoms with van der Waals surface area (Å²) in [7, 11) is 0. The topological polar surface area (TPSA) is 21.3 Å². The first-order chi connectivity index (χ1) is 6.65. The van der Waals surface area contributed by atoms with Gasteiger partial charge in [0.05, 0.1) is 12.2 Å². The lowest BCUT2D eigenvalue weighted by atomic mass is 10.00. The van der Waals surface area contributed by atoms with Crippen molar-refractivity contribution in [3.63, 3.8) is 0 Å². The molecule has 0 bridgehead atoms. The molecule has 4 unspecified atom stereocenters. The highest BCUT2D eigenvalue weighted by Crippen LogP contribution is 2.37. The first kappa shape index (κ1) is 10.4. The van der Waals surface area contributed by atoms with Crippen LogP contribution in [0.15, 0.2) is 0 Å². The second-order valence-electron chi connectivity index (χ2n) is 5.31. The fourth-order valence-corrected chi connectivity index (χ4v) is 2.57. The van der Waals surface area contributed by atoms with Crippen LogP contribution in [0.5, 0.6) is 0 Å². The Morgan fingerprint density at radius 3 is 2.14 bits per heavy atom. The van der Waals surface area contributed by atoms with Gasteiger partial charge in [-0.1, -0.05) is 6.92 Å². The molecule has 14 heavy (non-hydrogen) atoms. The number of rotatable bonds is 3. The molecule has 2 rings (SSSR count). The molecular formula is C12H23NO. The third-order valence-electron chi connectivity index (χ3n) is 3.64. The molecule has 0 aromatic rings. The maximum Gasteiger partial charge on any atom is 0.0565 e. The van der Waals surface area contributed by atoms with E-state index in [9.17, 15) is 0 Å². The summed E-state index contributed by atoms with van der Waals surface area (Å²) in [4.78, 5) is 0. The van der Waals surface area contributed by atoms with Gasteiger partial charge >= 0.3 is 0 Å². The standard InChI is InChI=1S/C12H23NO/c1-8-4-11(8)7-13-12-5-9(2)14-10(3)6-12/h8-13H,4-7H2,1-3H3. The molecule has 1 heterocycles. The van der Waals surface area contributed by atoms with Crippen LogP contribution in [0, 0.1) is 11.8 Å². The third kappa shape index (κ3) is 2.71. The zero-order valence-electron chi connectivity index (χ0n) is 9.62. The number of hydrogen-bond donors (Lipinski definition) is 1. The van der Waals surface area contributed by atoms with E-state index >= 15 is 0 Å². The molecule has 2 nitrogen and oxygen atoms in total. The summed E-state index contributed by atoms with van der Waals surface area (Å²) in [6.45, 7) is 7.95. The molecule has 0 radical (unpaired) electrons. The molecule has 1 saturated carbocycles. The highest BCUT2D eigenvalue weighted by atomic mass is 16.5. The molecule has 82 valence electrons. The van der Waals surface area contributed by atoms with Crippen LogP contribution < -0.4 is 5.32 Å². The van der Waals surface area contributed by atoms with Gasteiger partial charge in [0.2, 0.25) is 0 Å². The van der Waals surface area contributed by atoms with Crippen molar-refractivity contribution in [1.29, 1.82) is 0 Å². The molecule has 0 amide bonds. The highest BCUT2D eigenvalue weighted by molar-refractivity contribution is 4.87. The third-order valence-corrected chi connectivity index (χ3v) is 3.64. The van der Waals surface area contributed by atoms with Crippen LogP contribution in [0.1, 0.15) is 40.0 Å². The van der Waals surface area contributed by atoms with Crippen molar-refractivity contribution in [2.24, 2.45) is 11.8 Å². The van der Waals surface area contributed by atoms with E-state index in [4.69, 9.17) is 4.74 Å². The van der Waals surface area contributed by atoms with Crippen molar-refractivity contribution in [1.82, 2.24) is 5.32 Å². The second-order valence-corrected chi connectivity index (χ2v) is 5.31. The highest BCUT2D eigenvalue weighted by Gasteiger charge is 2.33. The summed E-state index contributed by atoms with van der Waals surface area (Å²) in [5.41, 5.74) is 0. The molecular weight excluding hydrogens is 174 g/mol. The quantitative estimate of drug-likeness (QED) is 0.749. The van der Waals surface area contributed by atoms with Crippen molar-refractivity contribution in [2.45, 2.75) is 58.3 Å². The fraction of sp³-hybridized carbons (Fsp3) is 1.00. The van der Waals surface area contributed by atoms with Gasteiger partial charge in [-0.2, -0.15) is 0 Å². The molecule has 0 spiro atoms. The van der Waals surface area contributed by atoms with E-state index in [0.717, 1.165) is 11.8 Å². The zero-order valence-corrected chi connectivity index (χ0v) is 9.62. The van der Waals surface area contributed by atoms with Crippen molar-refractivity contribution in [3.8, 4) is 0 Å². The van der Waals surface area contributed by atoms with E-state index in [0.29, 0.717) is 18.2 Å². The molecule has 0 aromatic carbocycles. The summed E-state index contributed by atoms with van der Waals surface area (Å²) in [6.07, 6.45) is 4.68. The molecule has 0 aromatic heterocycles. The number of ether oxygens (including phenoxy) is 1. The summed E-state index contributed by atoms with van der Waals surface area (Å²) in [5, 5.41) is 3.69. The maximum atomic E-state index is 5.72.